The highest BCUT2D eigenvalue weighted by Crippen LogP contribution is 2.27. The number of guanidine groups is 1. The molecule has 1 saturated carbocycles. The van der Waals surface area contributed by atoms with Gasteiger partial charge >= 0.3 is 0 Å². The molecule has 1 unspecified atom stereocenters. The normalized spacial score (nSPS) is 28.9. The van der Waals surface area contributed by atoms with Gasteiger partial charge in [-0.05, 0) is 25.0 Å². The molecule has 0 aromatic rings. The summed E-state index contributed by atoms with van der Waals surface area (Å²) in [6.07, 6.45) is 3.10. The van der Waals surface area contributed by atoms with E-state index >= 15 is 0 Å². The number of piperazine rings is 1. The Hall–Kier alpha value is -0.990. The number of thioether (sulfide) groups is 1. The number of carbonyl (C=O) groups is 1. The van der Waals surface area contributed by atoms with E-state index in [0.717, 1.165) is 62.9 Å². The summed E-state index contributed by atoms with van der Waals surface area (Å²) in [7, 11) is 1.78. The largest absolute Gasteiger partial charge is 0.387 e. The third-order valence-electron chi connectivity index (χ3n) is 4.85. The molecule has 2 aliphatic heterocycles. The molecule has 2 saturated heterocycles. The van der Waals surface area contributed by atoms with Crippen molar-refractivity contribution in [2.45, 2.75) is 30.9 Å². The van der Waals surface area contributed by atoms with Gasteiger partial charge in [0.2, 0.25) is 5.91 Å². The Bertz CT molecular complexity index is 469. The van der Waals surface area contributed by atoms with Gasteiger partial charge in [-0.25, -0.2) is 0 Å². The standard InChI is InChI=1S/C16H29N5O2S/c1-17-15(18-11-16(23)4-9-24-12-16)21-7-5-20(6-8-21)10-14(22)19-13-2-3-13/h13,23H,2-12H2,1H3,(H,17,18)(H,19,22). The van der Waals surface area contributed by atoms with Crippen LogP contribution in [0.5, 0.6) is 0 Å². The van der Waals surface area contributed by atoms with Gasteiger partial charge in [0.05, 0.1) is 12.1 Å². The summed E-state index contributed by atoms with van der Waals surface area (Å²) in [5, 5.41) is 16.8. The zero-order chi connectivity index (χ0) is 17.0. The number of nitrogens with one attached hydrogen (secondary N) is 2. The van der Waals surface area contributed by atoms with Crippen molar-refractivity contribution < 1.29 is 9.90 Å². The highest BCUT2D eigenvalue weighted by molar-refractivity contribution is 7.99. The molecule has 1 amide bonds. The van der Waals surface area contributed by atoms with Gasteiger partial charge in [0.1, 0.15) is 0 Å². The van der Waals surface area contributed by atoms with E-state index in [9.17, 15) is 9.90 Å². The van der Waals surface area contributed by atoms with E-state index in [1.165, 1.54) is 0 Å². The molecule has 2 heterocycles. The molecule has 0 aromatic carbocycles. The first-order valence-electron chi connectivity index (χ1n) is 8.85. The van der Waals surface area contributed by atoms with Gasteiger partial charge < -0.3 is 20.6 Å². The lowest BCUT2D eigenvalue weighted by atomic mass is 10.0. The Labute approximate surface area is 148 Å². The van der Waals surface area contributed by atoms with Crippen molar-refractivity contribution in [1.29, 1.82) is 0 Å². The predicted octanol–water partition coefficient (Wildman–Crippen LogP) is -0.674. The van der Waals surface area contributed by atoms with Crippen molar-refractivity contribution in [3.63, 3.8) is 0 Å². The van der Waals surface area contributed by atoms with Crippen molar-refractivity contribution in [2.75, 3.05) is 57.8 Å². The Morgan fingerprint density at radius 1 is 1.33 bits per heavy atom. The Morgan fingerprint density at radius 3 is 2.67 bits per heavy atom. The summed E-state index contributed by atoms with van der Waals surface area (Å²) in [6.45, 7) is 4.47. The molecule has 24 heavy (non-hydrogen) atoms. The van der Waals surface area contributed by atoms with Crippen LogP contribution in [0.1, 0.15) is 19.3 Å². The SMILES string of the molecule is CN=C(NCC1(O)CCSC1)N1CCN(CC(=O)NC2CC2)CC1. The van der Waals surface area contributed by atoms with Crippen LogP contribution in [0.2, 0.25) is 0 Å². The summed E-state index contributed by atoms with van der Waals surface area (Å²) in [4.78, 5) is 20.6. The molecular formula is C16H29N5O2S. The Balaban J connectivity index is 1.39. The topological polar surface area (TPSA) is 80.2 Å². The second-order valence-electron chi connectivity index (χ2n) is 7.03. The lowest BCUT2D eigenvalue weighted by Crippen LogP contribution is -2.55. The van der Waals surface area contributed by atoms with Gasteiger partial charge in [-0.3, -0.25) is 14.7 Å². The predicted molar refractivity (Wildman–Crippen MR) is 97.4 cm³/mol. The minimum Gasteiger partial charge on any atom is -0.387 e. The smallest absolute Gasteiger partial charge is 0.234 e. The highest BCUT2D eigenvalue weighted by Gasteiger charge is 2.32. The molecule has 3 rings (SSSR count). The average Bonchev–Trinajstić information content (AvgIpc) is 3.27. The average molecular weight is 356 g/mol. The van der Waals surface area contributed by atoms with Crippen molar-refractivity contribution >= 4 is 23.6 Å². The van der Waals surface area contributed by atoms with E-state index in [2.05, 4.69) is 25.4 Å². The molecule has 3 fully saturated rings. The fourth-order valence-electron chi connectivity index (χ4n) is 3.13. The number of amides is 1. The molecule has 7 nitrogen and oxygen atoms in total. The second kappa shape index (κ2) is 7.93. The maximum Gasteiger partial charge on any atom is 0.234 e. The van der Waals surface area contributed by atoms with E-state index in [0.29, 0.717) is 19.1 Å². The molecule has 1 aliphatic carbocycles. The lowest BCUT2D eigenvalue weighted by molar-refractivity contribution is -0.122. The maximum absolute atomic E-state index is 11.9. The first kappa shape index (κ1) is 17.8. The Kier molecular flexibility index (Phi) is 5.89. The van der Waals surface area contributed by atoms with E-state index in [1.807, 2.05) is 0 Å². The molecule has 0 radical (unpaired) electrons. The van der Waals surface area contributed by atoms with E-state index in [1.54, 1.807) is 18.8 Å². The maximum atomic E-state index is 11.9. The third kappa shape index (κ3) is 5.00. The quantitative estimate of drug-likeness (QED) is 0.448. The van der Waals surface area contributed by atoms with Crippen LogP contribution in [0.15, 0.2) is 4.99 Å². The van der Waals surface area contributed by atoms with Crippen LogP contribution in [-0.2, 0) is 4.79 Å². The van der Waals surface area contributed by atoms with Crippen LogP contribution in [0.25, 0.3) is 0 Å². The highest BCUT2D eigenvalue weighted by atomic mass is 32.2. The summed E-state index contributed by atoms with van der Waals surface area (Å²) in [6, 6.07) is 0.432. The minimum atomic E-state index is -0.608. The first-order valence-corrected chi connectivity index (χ1v) is 10.0. The number of nitrogens with zero attached hydrogens (tertiary/aromatic N) is 3. The summed E-state index contributed by atoms with van der Waals surface area (Å²) < 4.78 is 0. The van der Waals surface area contributed by atoms with E-state index in [-0.39, 0.29) is 5.91 Å². The summed E-state index contributed by atoms with van der Waals surface area (Å²) in [5.74, 6) is 2.82. The van der Waals surface area contributed by atoms with Crippen LogP contribution < -0.4 is 10.6 Å². The molecule has 0 spiro atoms. The van der Waals surface area contributed by atoms with Crippen molar-refractivity contribution in [3.8, 4) is 0 Å². The summed E-state index contributed by atoms with van der Waals surface area (Å²) in [5.41, 5.74) is -0.608. The van der Waals surface area contributed by atoms with Gasteiger partial charge in [0, 0.05) is 51.6 Å². The second-order valence-corrected chi connectivity index (χ2v) is 8.14. The fraction of sp³-hybridized carbons (Fsp3) is 0.875. The molecular weight excluding hydrogens is 326 g/mol. The van der Waals surface area contributed by atoms with Crippen LogP contribution in [0.4, 0.5) is 0 Å². The monoisotopic (exact) mass is 355 g/mol. The summed E-state index contributed by atoms with van der Waals surface area (Å²) >= 11 is 1.80. The van der Waals surface area contributed by atoms with Crippen LogP contribution in [0.3, 0.4) is 0 Å². The van der Waals surface area contributed by atoms with Crippen LogP contribution in [0, 0.1) is 0 Å². The third-order valence-corrected chi connectivity index (χ3v) is 6.09. The number of aliphatic imine (C=N–C) groups is 1. The van der Waals surface area contributed by atoms with Gasteiger partial charge in [-0.2, -0.15) is 11.8 Å². The van der Waals surface area contributed by atoms with E-state index in [4.69, 9.17) is 0 Å². The molecule has 0 aromatic heterocycles. The van der Waals surface area contributed by atoms with Gasteiger partial charge in [-0.1, -0.05) is 0 Å². The molecule has 1 atom stereocenters. The van der Waals surface area contributed by atoms with E-state index < -0.39 is 5.60 Å². The number of rotatable bonds is 5. The zero-order valence-corrected chi connectivity index (χ0v) is 15.3. The number of hydrogen-bond donors (Lipinski definition) is 3. The molecule has 136 valence electrons. The number of hydrogen-bond acceptors (Lipinski definition) is 5. The molecule has 3 N–H and O–H groups in total. The van der Waals surface area contributed by atoms with Gasteiger partial charge in [-0.15, -0.1) is 0 Å². The number of carbonyl (C=O) groups excluding carboxylic acids is 1. The van der Waals surface area contributed by atoms with Crippen LogP contribution in [-0.4, -0.2) is 96.2 Å². The molecule has 3 aliphatic rings. The molecule has 0 bridgehead atoms. The van der Waals surface area contributed by atoms with Gasteiger partial charge in [0.25, 0.3) is 0 Å². The molecule has 8 heteroatoms. The zero-order valence-electron chi connectivity index (χ0n) is 14.5. The first-order chi connectivity index (χ1) is 11.6. The van der Waals surface area contributed by atoms with Crippen LogP contribution >= 0.6 is 11.8 Å². The lowest BCUT2D eigenvalue weighted by Gasteiger charge is -2.37. The Morgan fingerprint density at radius 2 is 2.08 bits per heavy atom. The number of aliphatic hydroxyl groups is 1. The minimum absolute atomic E-state index is 0.148. The van der Waals surface area contributed by atoms with Gasteiger partial charge in [0.15, 0.2) is 5.96 Å². The van der Waals surface area contributed by atoms with Crippen molar-refractivity contribution in [2.24, 2.45) is 4.99 Å². The van der Waals surface area contributed by atoms with Crippen molar-refractivity contribution in [3.05, 3.63) is 0 Å². The fourth-order valence-corrected chi connectivity index (χ4v) is 4.43. The van der Waals surface area contributed by atoms with Crippen molar-refractivity contribution in [1.82, 2.24) is 20.4 Å².